The van der Waals surface area contributed by atoms with E-state index in [1.54, 1.807) is 0 Å². The summed E-state index contributed by atoms with van der Waals surface area (Å²) < 4.78 is 2.37. The average Bonchev–Trinajstić information content (AvgIpc) is 3.27. The zero-order chi connectivity index (χ0) is 20.9. The van der Waals surface area contributed by atoms with Crippen molar-refractivity contribution in [2.75, 3.05) is 0 Å². The van der Waals surface area contributed by atoms with Gasteiger partial charge in [-0.15, -0.1) is 0 Å². The van der Waals surface area contributed by atoms with E-state index in [0.29, 0.717) is 0 Å². The number of pyridine rings is 2. The molecule has 0 N–H and O–H groups in total. The number of rotatable bonds is 3. The van der Waals surface area contributed by atoms with E-state index in [-0.39, 0.29) is 0 Å². The highest BCUT2D eigenvalue weighted by atomic mass is 15.0. The van der Waals surface area contributed by atoms with Crippen LogP contribution in [0.4, 0.5) is 0 Å². The second-order valence-corrected chi connectivity index (χ2v) is 8.10. The molecule has 0 saturated heterocycles. The van der Waals surface area contributed by atoms with Gasteiger partial charge in [-0.1, -0.05) is 56.3 Å². The van der Waals surface area contributed by atoms with E-state index in [1.807, 2.05) is 12.4 Å². The van der Waals surface area contributed by atoms with Gasteiger partial charge in [-0.2, -0.15) is 0 Å². The van der Waals surface area contributed by atoms with Crippen molar-refractivity contribution in [2.45, 2.75) is 26.7 Å². The average molecular weight is 402 g/mol. The van der Waals surface area contributed by atoms with E-state index in [2.05, 4.69) is 90.1 Å². The molecule has 0 saturated carbocycles. The van der Waals surface area contributed by atoms with Crippen LogP contribution in [-0.2, 0) is 12.8 Å². The van der Waals surface area contributed by atoms with Crippen LogP contribution < -0.4 is 0 Å². The highest BCUT2D eigenvalue weighted by Gasteiger charge is 2.18. The third-order valence-corrected chi connectivity index (χ3v) is 6.47. The third-order valence-electron chi connectivity index (χ3n) is 6.47. The Morgan fingerprint density at radius 2 is 1.52 bits per heavy atom. The van der Waals surface area contributed by atoms with Gasteiger partial charge in [0.1, 0.15) is 5.65 Å². The number of aromatic nitrogens is 3. The Morgan fingerprint density at radius 1 is 0.742 bits per heavy atom. The van der Waals surface area contributed by atoms with Crippen molar-refractivity contribution in [1.82, 2.24) is 14.4 Å². The topological polar surface area (TPSA) is 30.2 Å². The SMILES string of the molecule is CCc1cccc(CC)c1-c1cnc2c3ccccc3c3cc4cnccc4cc3n12. The number of hydrogen-bond donors (Lipinski definition) is 0. The summed E-state index contributed by atoms with van der Waals surface area (Å²) in [4.78, 5) is 9.30. The summed E-state index contributed by atoms with van der Waals surface area (Å²) in [5.41, 5.74) is 7.44. The first kappa shape index (κ1) is 18.1. The van der Waals surface area contributed by atoms with E-state index >= 15 is 0 Å². The number of fused-ring (bicyclic) bond motifs is 7. The van der Waals surface area contributed by atoms with E-state index in [1.165, 1.54) is 49.4 Å². The highest BCUT2D eigenvalue weighted by molar-refractivity contribution is 6.15. The van der Waals surface area contributed by atoms with Crippen LogP contribution in [0.5, 0.6) is 0 Å². The summed E-state index contributed by atoms with van der Waals surface area (Å²) >= 11 is 0. The Kier molecular flexibility index (Phi) is 4.03. The number of benzene rings is 3. The lowest BCUT2D eigenvalue weighted by Crippen LogP contribution is -1.99. The van der Waals surface area contributed by atoms with Gasteiger partial charge in [-0.25, -0.2) is 4.98 Å². The summed E-state index contributed by atoms with van der Waals surface area (Å²) in [5.74, 6) is 0. The van der Waals surface area contributed by atoms with Crippen LogP contribution in [0.2, 0.25) is 0 Å². The van der Waals surface area contributed by atoms with Gasteiger partial charge < -0.3 is 0 Å². The molecule has 0 radical (unpaired) electrons. The summed E-state index contributed by atoms with van der Waals surface area (Å²) in [6.45, 7) is 4.46. The van der Waals surface area contributed by atoms with Crippen molar-refractivity contribution in [2.24, 2.45) is 0 Å². The van der Waals surface area contributed by atoms with E-state index in [9.17, 15) is 0 Å². The number of nitrogens with zero attached hydrogens (tertiary/aromatic N) is 3. The summed E-state index contributed by atoms with van der Waals surface area (Å²) in [7, 11) is 0. The maximum absolute atomic E-state index is 4.95. The Morgan fingerprint density at radius 3 is 2.29 bits per heavy atom. The molecule has 0 fully saturated rings. The van der Waals surface area contributed by atoms with Crippen LogP contribution in [0.25, 0.3) is 49.4 Å². The van der Waals surface area contributed by atoms with Crippen molar-refractivity contribution < 1.29 is 0 Å². The number of imidazole rings is 1. The highest BCUT2D eigenvalue weighted by Crippen LogP contribution is 2.37. The predicted octanol–water partition coefficient (Wildman–Crippen LogP) is 6.98. The zero-order valence-corrected chi connectivity index (χ0v) is 17.8. The van der Waals surface area contributed by atoms with Crippen LogP contribution in [0, 0.1) is 0 Å². The molecule has 3 heteroatoms. The lowest BCUT2D eigenvalue weighted by molar-refractivity contribution is 1.08. The zero-order valence-electron chi connectivity index (χ0n) is 17.8. The standard InChI is InChI=1S/C28H23N3/c1-3-18-8-7-9-19(4-2)27(18)26-17-30-28-23-11-6-5-10-22(23)24-14-21-16-29-13-12-20(21)15-25(24)31(26)28/h5-17H,3-4H2,1-2H3. The molecule has 3 aromatic carbocycles. The maximum atomic E-state index is 4.95. The molecule has 0 aliphatic rings. The molecular formula is C28H23N3. The van der Waals surface area contributed by atoms with Gasteiger partial charge in [0.2, 0.25) is 0 Å². The number of aryl methyl sites for hydroxylation is 2. The Balaban J connectivity index is 1.86. The van der Waals surface area contributed by atoms with Crippen LogP contribution in [0.15, 0.2) is 79.3 Å². The fourth-order valence-electron chi connectivity index (χ4n) is 4.97. The fraction of sp³-hybridized carbons (Fsp3) is 0.143. The smallest absolute Gasteiger partial charge is 0.145 e. The molecule has 3 nitrogen and oxygen atoms in total. The molecule has 6 rings (SSSR count). The van der Waals surface area contributed by atoms with Crippen molar-refractivity contribution in [3.05, 3.63) is 90.4 Å². The molecule has 0 amide bonds. The van der Waals surface area contributed by atoms with Crippen molar-refractivity contribution in [1.29, 1.82) is 0 Å². The Bertz CT molecular complexity index is 1590. The molecular weight excluding hydrogens is 378 g/mol. The largest absolute Gasteiger partial charge is 0.292 e. The fourth-order valence-corrected chi connectivity index (χ4v) is 4.97. The molecule has 31 heavy (non-hydrogen) atoms. The first-order valence-corrected chi connectivity index (χ1v) is 11.0. The molecule has 6 aromatic rings. The van der Waals surface area contributed by atoms with Crippen LogP contribution in [-0.4, -0.2) is 14.4 Å². The Labute approximate surface area is 181 Å². The second-order valence-electron chi connectivity index (χ2n) is 8.10. The maximum Gasteiger partial charge on any atom is 0.145 e. The van der Waals surface area contributed by atoms with Gasteiger partial charge in [0.25, 0.3) is 0 Å². The normalized spacial score (nSPS) is 11.8. The number of hydrogen-bond acceptors (Lipinski definition) is 2. The summed E-state index contributed by atoms with van der Waals surface area (Å²) in [6.07, 6.45) is 7.87. The van der Waals surface area contributed by atoms with E-state index in [0.717, 1.165) is 23.9 Å². The minimum Gasteiger partial charge on any atom is -0.292 e. The lowest BCUT2D eigenvalue weighted by atomic mass is 9.95. The van der Waals surface area contributed by atoms with E-state index in [4.69, 9.17) is 4.98 Å². The Hall–Kier alpha value is -3.72. The minimum absolute atomic E-state index is 0.997. The minimum atomic E-state index is 0.997. The molecule has 0 atom stereocenters. The molecule has 0 aliphatic carbocycles. The predicted molar refractivity (Wildman–Crippen MR) is 130 cm³/mol. The van der Waals surface area contributed by atoms with Crippen LogP contribution >= 0.6 is 0 Å². The van der Waals surface area contributed by atoms with Crippen molar-refractivity contribution in [3.8, 4) is 11.3 Å². The van der Waals surface area contributed by atoms with Crippen molar-refractivity contribution >= 4 is 38.1 Å². The van der Waals surface area contributed by atoms with Gasteiger partial charge in [-0.05, 0) is 52.9 Å². The molecule has 3 aromatic heterocycles. The van der Waals surface area contributed by atoms with Gasteiger partial charge in [0.15, 0.2) is 0 Å². The van der Waals surface area contributed by atoms with Gasteiger partial charge >= 0.3 is 0 Å². The molecule has 0 bridgehead atoms. The first-order valence-electron chi connectivity index (χ1n) is 11.0. The second kappa shape index (κ2) is 6.92. The monoisotopic (exact) mass is 401 g/mol. The van der Waals surface area contributed by atoms with Gasteiger partial charge in [0.05, 0.1) is 17.4 Å². The lowest BCUT2D eigenvalue weighted by Gasteiger charge is -2.16. The van der Waals surface area contributed by atoms with E-state index < -0.39 is 0 Å². The summed E-state index contributed by atoms with van der Waals surface area (Å²) in [5, 5.41) is 5.99. The van der Waals surface area contributed by atoms with Crippen molar-refractivity contribution in [3.63, 3.8) is 0 Å². The van der Waals surface area contributed by atoms with Gasteiger partial charge in [0, 0.05) is 34.1 Å². The molecule has 3 heterocycles. The van der Waals surface area contributed by atoms with Gasteiger partial charge in [-0.3, -0.25) is 9.38 Å². The quantitative estimate of drug-likeness (QED) is 0.236. The summed E-state index contributed by atoms with van der Waals surface area (Å²) in [6, 6.07) is 21.9. The first-order chi connectivity index (χ1) is 15.3. The van der Waals surface area contributed by atoms with Crippen LogP contribution in [0.1, 0.15) is 25.0 Å². The molecule has 0 spiro atoms. The molecule has 150 valence electrons. The molecule has 0 unspecified atom stereocenters. The molecule has 0 aliphatic heterocycles. The van der Waals surface area contributed by atoms with Crippen LogP contribution in [0.3, 0.4) is 0 Å². The third kappa shape index (κ3) is 2.59.